The van der Waals surface area contributed by atoms with Gasteiger partial charge in [0.2, 0.25) is 22.4 Å². The van der Waals surface area contributed by atoms with E-state index in [-0.39, 0.29) is 28.3 Å². The molecule has 0 unspecified atom stereocenters. The molecule has 13 nitrogen and oxygen atoms in total. The number of anilines is 3. The van der Waals surface area contributed by atoms with Crippen molar-refractivity contribution in [3.63, 3.8) is 0 Å². The molecule has 0 spiro atoms. The molecule has 0 bridgehead atoms. The summed E-state index contributed by atoms with van der Waals surface area (Å²) in [5.41, 5.74) is 0.104. The molecule has 0 radical (unpaired) electrons. The van der Waals surface area contributed by atoms with Gasteiger partial charge in [-0.3, -0.25) is 10.1 Å². The van der Waals surface area contributed by atoms with Crippen molar-refractivity contribution in [3.05, 3.63) is 46.6 Å². The van der Waals surface area contributed by atoms with Crippen LogP contribution in [0.15, 0.2) is 38.4 Å². The molecule has 14 heteroatoms. The van der Waals surface area contributed by atoms with Crippen molar-refractivity contribution >= 4 is 34.1 Å². The molecule has 0 aliphatic rings. The Hall–Kier alpha value is -4.07. The van der Waals surface area contributed by atoms with Crippen LogP contribution in [0.4, 0.5) is 16.8 Å². The summed E-state index contributed by atoms with van der Waals surface area (Å²) in [6.07, 6.45) is 2.72. The van der Waals surface area contributed by atoms with Gasteiger partial charge in [-0.05, 0) is 13.0 Å². The van der Waals surface area contributed by atoms with E-state index in [1.54, 1.807) is 10.9 Å². The molecular formula is C15H12N8O5S. The highest BCUT2D eigenvalue weighted by Crippen LogP contribution is 2.25. The Morgan fingerprint density at radius 3 is 2.86 bits per heavy atom. The Kier molecular flexibility index (Phi) is 4.74. The Balaban J connectivity index is 1.59. The lowest BCUT2D eigenvalue weighted by Gasteiger charge is -2.08. The van der Waals surface area contributed by atoms with E-state index in [9.17, 15) is 9.59 Å². The maximum absolute atomic E-state index is 12.5. The molecule has 4 aromatic rings. The van der Waals surface area contributed by atoms with Gasteiger partial charge in [0.1, 0.15) is 0 Å². The highest BCUT2D eigenvalue weighted by Gasteiger charge is 2.20. The third kappa shape index (κ3) is 3.68. The Bertz CT molecular complexity index is 1210. The van der Waals surface area contributed by atoms with Gasteiger partial charge < -0.3 is 18.9 Å². The predicted molar refractivity (Wildman–Crippen MR) is 98.8 cm³/mol. The van der Waals surface area contributed by atoms with Crippen molar-refractivity contribution in [2.24, 2.45) is 0 Å². The number of aryl methyl sites for hydroxylation is 1. The van der Waals surface area contributed by atoms with Gasteiger partial charge in [0, 0.05) is 18.0 Å². The van der Waals surface area contributed by atoms with Crippen LogP contribution in [0.5, 0.6) is 5.75 Å². The number of amides is 1. The Labute approximate surface area is 165 Å². The zero-order valence-electron chi connectivity index (χ0n) is 14.9. The number of aromatic nitrogens is 6. The molecule has 4 aromatic heterocycles. The summed E-state index contributed by atoms with van der Waals surface area (Å²) in [5.74, 6) is -1.16. The first kappa shape index (κ1) is 18.3. The fourth-order valence-corrected chi connectivity index (χ4v) is 3.06. The van der Waals surface area contributed by atoms with Crippen LogP contribution in [0.1, 0.15) is 16.2 Å². The number of methoxy groups -OCH3 is 1. The van der Waals surface area contributed by atoms with Gasteiger partial charge in [0.05, 0.1) is 12.8 Å². The second-order valence-electron chi connectivity index (χ2n) is 5.44. The summed E-state index contributed by atoms with van der Waals surface area (Å²) in [5, 5.41) is 25.1. The van der Waals surface area contributed by atoms with Crippen LogP contribution in [-0.2, 0) is 0 Å². The van der Waals surface area contributed by atoms with Crippen molar-refractivity contribution in [3.8, 4) is 10.9 Å². The monoisotopic (exact) mass is 416 g/mol. The number of hydrogen-bond donors (Lipinski definition) is 2. The van der Waals surface area contributed by atoms with Gasteiger partial charge in [0.15, 0.2) is 5.76 Å². The van der Waals surface area contributed by atoms with E-state index < -0.39 is 11.5 Å². The smallest absolute Gasteiger partial charge is 0.381 e. The quantitative estimate of drug-likeness (QED) is 0.466. The number of carbonyl (C=O) groups excluding carboxylic acids is 1. The van der Waals surface area contributed by atoms with E-state index in [0.29, 0.717) is 5.13 Å². The topological polar surface area (TPSA) is 163 Å². The molecular weight excluding hydrogens is 404 g/mol. The first-order chi connectivity index (χ1) is 14.0. The minimum atomic E-state index is -0.868. The average Bonchev–Trinajstić information content (AvgIpc) is 3.44. The van der Waals surface area contributed by atoms with Crippen LogP contribution in [0, 0.1) is 6.92 Å². The highest BCUT2D eigenvalue weighted by atomic mass is 32.1. The zero-order valence-corrected chi connectivity index (χ0v) is 15.8. The maximum Gasteiger partial charge on any atom is 0.381 e. The second kappa shape index (κ2) is 7.51. The minimum absolute atomic E-state index is 0.00335. The van der Waals surface area contributed by atoms with Crippen LogP contribution in [-0.4, -0.2) is 43.2 Å². The van der Waals surface area contributed by atoms with Crippen molar-refractivity contribution in [2.75, 3.05) is 17.7 Å². The minimum Gasteiger partial charge on any atom is -0.488 e. The molecule has 0 saturated carbocycles. The van der Waals surface area contributed by atoms with Crippen LogP contribution >= 0.6 is 11.3 Å². The van der Waals surface area contributed by atoms with E-state index in [2.05, 4.69) is 36.1 Å². The van der Waals surface area contributed by atoms with Crippen LogP contribution in [0.25, 0.3) is 5.13 Å². The molecule has 4 heterocycles. The van der Waals surface area contributed by atoms with Crippen molar-refractivity contribution < 1.29 is 18.4 Å². The first-order valence-corrected chi connectivity index (χ1v) is 8.78. The lowest BCUT2D eigenvalue weighted by atomic mass is 10.3. The summed E-state index contributed by atoms with van der Waals surface area (Å²) in [6, 6.07) is 3.08. The summed E-state index contributed by atoms with van der Waals surface area (Å²) in [6.45, 7) is 1.86. The van der Waals surface area contributed by atoms with Gasteiger partial charge >= 0.3 is 11.6 Å². The Morgan fingerprint density at radius 1 is 1.31 bits per heavy atom. The normalized spacial score (nSPS) is 10.7. The lowest BCUT2D eigenvalue weighted by molar-refractivity contribution is 0.0991. The average molecular weight is 416 g/mol. The predicted octanol–water partition coefficient (Wildman–Crippen LogP) is 1.37. The van der Waals surface area contributed by atoms with E-state index >= 15 is 0 Å². The fraction of sp³-hybridized carbons (Fsp3) is 0.133. The number of nitrogens with zero attached hydrogens (tertiary/aromatic N) is 6. The summed E-state index contributed by atoms with van der Waals surface area (Å²) in [4.78, 5) is 24.7. The molecule has 29 heavy (non-hydrogen) atoms. The molecule has 0 aliphatic heterocycles. The van der Waals surface area contributed by atoms with Gasteiger partial charge in [-0.1, -0.05) is 16.4 Å². The van der Waals surface area contributed by atoms with Gasteiger partial charge in [-0.15, -0.1) is 15.3 Å². The van der Waals surface area contributed by atoms with Crippen molar-refractivity contribution in [1.82, 2.24) is 30.2 Å². The number of ether oxygens (including phenoxy) is 1. The third-order valence-corrected chi connectivity index (χ3v) is 4.40. The zero-order chi connectivity index (χ0) is 20.4. The van der Waals surface area contributed by atoms with E-state index in [0.717, 1.165) is 23.4 Å². The van der Waals surface area contributed by atoms with Gasteiger partial charge in [-0.25, -0.2) is 9.48 Å². The first-order valence-electron chi connectivity index (χ1n) is 7.96. The number of carbonyl (C=O) groups is 1. The molecule has 148 valence electrons. The molecule has 0 aromatic carbocycles. The molecule has 1 amide bonds. The third-order valence-electron chi connectivity index (χ3n) is 3.59. The molecule has 4 rings (SSSR count). The maximum atomic E-state index is 12.5. The largest absolute Gasteiger partial charge is 0.488 e. The number of hydrogen-bond acceptors (Lipinski definition) is 12. The van der Waals surface area contributed by atoms with Crippen LogP contribution in [0.3, 0.4) is 0 Å². The summed E-state index contributed by atoms with van der Waals surface area (Å²) in [7, 11) is 1.28. The molecule has 2 N–H and O–H groups in total. The standard InChI is InChI=1S/C15H12N8O5S/c1-7-3-4-17-23(7)15-22-21-14(29-15)19-11(24)9-5-8(10(26-2)12(25)28-9)18-13-20-16-6-27-13/h3-6H,1-2H3,(H,18,20)(H,19,21,24). The van der Waals surface area contributed by atoms with Crippen molar-refractivity contribution in [1.29, 1.82) is 0 Å². The second-order valence-corrected chi connectivity index (χ2v) is 6.40. The Morgan fingerprint density at radius 2 is 2.17 bits per heavy atom. The van der Waals surface area contributed by atoms with Gasteiger partial charge in [0.25, 0.3) is 5.91 Å². The van der Waals surface area contributed by atoms with E-state index in [4.69, 9.17) is 13.6 Å². The number of nitrogens with one attached hydrogen (secondary N) is 2. The summed E-state index contributed by atoms with van der Waals surface area (Å²) < 4.78 is 16.6. The van der Waals surface area contributed by atoms with Gasteiger partial charge in [-0.2, -0.15) is 5.10 Å². The highest BCUT2D eigenvalue weighted by molar-refractivity contribution is 7.17. The molecule has 0 aliphatic carbocycles. The fourth-order valence-electron chi connectivity index (χ4n) is 2.30. The van der Waals surface area contributed by atoms with E-state index in [1.807, 2.05) is 13.0 Å². The molecule has 0 saturated heterocycles. The van der Waals surface area contributed by atoms with E-state index in [1.165, 1.54) is 13.2 Å². The lowest BCUT2D eigenvalue weighted by Crippen LogP contribution is -2.16. The summed E-state index contributed by atoms with van der Waals surface area (Å²) >= 11 is 1.10. The van der Waals surface area contributed by atoms with Crippen LogP contribution in [0.2, 0.25) is 0 Å². The molecule has 0 fully saturated rings. The molecule has 0 atom stereocenters. The van der Waals surface area contributed by atoms with Crippen molar-refractivity contribution in [2.45, 2.75) is 6.92 Å². The number of rotatable bonds is 6. The van der Waals surface area contributed by atoms with Crippen LogP contribution < -0.4 is 21.0 Å². The SMILES string of the molecule is COc1c(Nc2nnco2)cc(C(=O)Nc2nnc(-n3nccc3C)s2)oc1=O.